The van der Waals surface area contributed by atoms with Crippen molar-refractivity contribution in [2.75, 3.05) is 11.9 Å². The van der Waals surface area contributed by atoms with Gasteiger partial charge in [-0.2, -0.15) is 0 Å². The first-order chi connectivity index (χ1) is 15.4. The average Bonchev–Trinajstić information content (AvgIpc) is 3.33. The van der Waals surface area contributed by atoms with E-state index in [1.807, 2.05) is 6.07 Å². The van der Waals surface area contributed by atoms with Crippen LogP contribution in [-0.2, 0) is 38.6 Å². The summed E-state index contributed by atoms with van der Waals surface area (Å²) in [5.74, 6) is -3.08. The fourth-order valence-electron chi connectivity index (χ4n) is 4.37. The molecule has 0 radical (unpaired) electrons. The molecule has 1 fully saturated rings. The van der Waals surface area contributed by atoms with E-state index in [0.717, 1.165) is 34.0 Å². The molecule has 10 heteroatoms. The molecule has 3 aliphatic heterocycles. The van der Waals surface area contributed by atoms with Crippen LogP contribution in [0.4, 0.5) is 5.00 Å². The number of nitrogens with one attached hydrogen (secondary N) is 1. The van der Waals surface area contributed by atoms with Crippen LogP contribution in [0.15, 0.2) is 24.3 Å². The minimum atomic E-state index is -2.19. The highest BCUT2D eigenvalue weighted by molar-refractivity contribution is 7.16. The third-order valence-electron chi connectivity index (χ3n) is 6.10. The van der Waals surface area contributed by atoms with Crippen LogP contribution in [0.3, 0.4) is 0 Å². The number of carbonyl (C=O) groups excluding carboxylic acids is 2. The molecule has 2 amide bonds. The summed E-state index contributed by atoms with van der Waals surface area (Å²) in [6, 6.07) is 6.09. The van der Waals surface area contributed by atoms with Crippen LogP contribution in [-0.4, -0.2) is 51.3 Å². The Morgan fingerprint density at radius 1 is 1.22 bits per heavy atom. The molecule has 2 unspecified atom stereocenters. The smallest absolute Gasteiger partial charge is 0.346 e. The van der Waals surface area contributed by atoms with E-state index in [1.165, 1.54) is 23.5 Å². The number of fused-ring (bicyclic) bond motifs is 2. The first kappa shape index (κ1) is 20.9. The Morgan fingerprint density at radius 3 is 2.81 bits per heavy atom. The zero-order valence-electron chi connectivity index (χ0n) is 17.1. The molecule has 1 aromatic heterocycles. The third-order valence-corrected chi connectivity index (χ3v) is 7.18. The van der Waals surface area contributed by atoms with E-state index in [9.17, 15) is 24.6 Å². The van der Waals surface area contributed by atoms with Crippen molar-refractivity contribution in [2.45, 2.75) is 50.7 Å². The summed E-state index contributed by atoms with van der Waals surface area (Å²) in [4.78, 5) is 40.2. The maximum atomic E-state index is 13.4. The third kappa shape index (κ3) is 3.44. The number of anilines is 1. The molecule has 32 heavy (non-hydrogen) atoms. The number of rotatable bonds is 4. The Labute approximate surface area is 187 Å². The van der Waals surface area contributed by atoms with Crippen molar-refractivity contribution in [2.24, 2.45) is 0 Å². The van der Waals surface area contributed by atoms with E-state index in [4.69, 9.17) is 9.47 Å². The topological polar surface area (TPSA) is 125 Å². The van der Waals surface area contributed by atoms with Gasteiger partial charge < -0.3 is 25.0 Å². The molecule has 3 N–H and O–H groups in total. The number of carboxylic acid groups (broad SMARTS) is 1. The van der Waals surface area contributed by atoms with Crippen LogP contribution in [0.1, 0.15) is 45.6 Å². The number of carbonyl (C=O) groups is 3. The molecule has 0 saturated carbocycles. The van der Waals surface area contributed by atoms with E-state index < -0.39 is 23.4 Å². The number of thiophene rings is 1. The van der Waals surface area contributed by atoms with Crippen molar-refractivity contribution < 1.29 is 34.1 Å². The van der Waals surface area contributed by atoms with Gasteiger partial charge in [0.2, 0.25) is 5.60 Å². The van der Waals surface area contributed by atoms with Crippen molar-refractivity contribution in [1.82, 2.24) is 4.90 Å². The van der Waals surface area contributed by atoms with Gasteiger partial charge in [0, 0.05) is 23.5 Å². The Bertz CT molecular complexity index is 1110. The van der Waals surface area contributed by atoms with Crippen molar-refractivity contribution in [1.29, 1.82) is 0 Å². The number of imide groups is 1. The van der Waals surface area contributed by atoms with Gasteiger partial charge in [0.25, 0.3) is 11.8 Å². The summed E-state index contributed by atoms with van der Waals surface area (Å²) in [6.45, 7) is 0.599. The second-order valence-electron chi connectivity index (χ2n) is 8.19. The predicted octanol–water partition coefficient (Wildman–Crippen LogP) is 2.47. The molecule has 0 aliphatic carbocycles. The minimum absolute atomic E-state index is 0.0407. The zero-order valence-corrected chi connectivity index (χ0v) is 17.9. The lowest BCUT2D eigenvalue weighted by Gasteiger charge is -2.34. The molecule has 168 valence electrons. The maximum absolute atomic E-state index is 13.4. The monoisotopic (exact) mass is 458 g/mol. The number of carboxylic acids is 1. The van der Waals surface area contributed by atoms with Gasteiger partial charge in [-0.05, 0) is 48.6 Å². The van der Waals surface area contributed by atoms with Gasteiger partial charge in [-0.3, -0.25) is 14.5 Å². The zero-order chi connectivity index (χ0) is 22.5. The molecule has 9 nitrogen and oxygen atoms in total. The van der Waals surface area contributed by atoms with Crippen LogP contribution >= 0.6 is 11.3 Å². The lowest BCUT2D eigenvalue weighted by molar-refractivity contribution is -0.181. The Hall–Kier alpha value is -2.95. The number of ether oxygens (including phenoxy) is 2. The first-order valence-electron chi connectivity index (χ1n) is 10.4. The summed E-state index contributed by atoms with van der Waals surface area (Å²) < 4.78 is 11.4. The Balaban J connectivity index is 1.39. The fraction of sp³-hybridized carbons (Fsp3) is 0.409. The number of aliphatic carboxylic acids is 1. The molecule has 0 bridgehead atoms. The number of benzene rings is 1. The Kier molecular flexibility index (Phi) is 5.15. The fourth-order valence-corrected chi connectivity index (χ4v) is 5.40. The standard InChI is InChI=1S/C22H22N2O7S/c25-14-5-4-12-10-24(19(26)15(12)8-14)20(27)22(21(28)29)9-13-7-18(32-16(13)11-31-22)23-17-3-1-2-6-30-17/h4-5,7-8,17,23,25H,1-3,6,9-11H2,(H,28,29). The van der Waals surface area contributed by atoms with Gasteiger partial charge in [-0.25, -0.2) is 4.79 Å². The van der Waals surface area contributed by atoms with Crippen molar-refractivity contribution in [3.63, 3.8) is 0 Å². The highest BCUT2D eigenvalue weighted by Gasteiger charge is 2.54. The molecular formula is C22H22N2O7S. The van der Waals surface area contributed by atoms with E-state index >= 15 is 0 Å². The number of aromatic hydroxyl groups is 1. The van der Waals surface area contributed by atoms with Crippen LogP contribution < -0.4 is 5.32 Å². The normalized spacial score (nSPS) is 24.7. The highest BCUT2D eigenvalue weighted by atomic mass is 32.1. The van der Waals surface area contributed by atoms with Crippen molar-refractivity contribution in [3.05, 3.63) is 45.8 Å². The van der Waals surface area contributed by atoms with Crippen molar-refractivity contribution in [3.8, 4) is 5.75 Å². The summed E-state index contributed by atoms with van der Waals surface area (Å²) in [5, 5.41) is 23.8. The summed E-state index contributed by atoms with van der Waals surface area (Å²) in [7, 11) is 0. The summed E-state index contributed by atoms with van der Waals surface area (Å²) >= 11 is 1.45. The quantitative estimate of drug-likeness (QED) is 0.471. The largest absolute Gasteiger partial charge is 0.508 e. The van der Waals surface area contributed by atoms with E-state index in [-0.39, 0.29) is 37.1 Å². The predicted molar refractivity (Wildman–Crippen MR) is 113 cm³/mol. The maximum Gasteiger partial charge on any atom is 0.346 e. The Morgan fingerprint density at radius 2 is 2.06 bits per heavy atom. The van der Waals surface area contributed by atoms with Crippen molar-refractivity contribution >= 4 is 34.1 Å². The number of nitrogens with zero attached hydrogens (tertiary/aromatic N) is 1. The van der Waals surface area contributed by atoms with Crippen LogP contribution in [0.25, 0.3) is 0 Å². The number of phenolic OH excluding ortho intramolecular Hbond substituents is 1. The van der Waals surface area contributed by atoms with Gasteiger partial charge in [-0.15, -0.1) is 11.3 Å². The van der Waals surface area contributed by atoms with Gasteiger partial charge >= 0.3 is 5.97 Å². The van der Waals surface area contributed by atoms with Crippen LogP contribution in [0.5, 0.6) is 5.75 Å². The second kappa shape index (κ2) is 7.88. The molecule has 1 aromatic carbocycles. The first-order valence-corrected chi connectivity index (χ1v) is 11.2. The van der Waals surface area contributed by atoms with Crippen LogP contribution in [0.2, 0.25) is 0 Å². The minimum Gasteiger partial charge on any atom is -0.508 e. The van der Waals surface area contributed by atoms with E-state index in [2.05, 4.69) is 5.32 Å². The lowest BCUT2D eigenvalue weighted by atomic mass is 9.90. The molecular weight excluding hydrogens is 436 g/mol. The van der Waals surface area contributed by atoms with Gasteiger partial charge in [0.15, 0.2) is 0 Å². The summed E-state index contributed by atoms with van der Waals surface area (Å²) in [5.41, 5.74) is -0.749. The average molecular weight is 458 g/mol. The molecule has 5 rings (SSSR count). The molecule has 1 saturated heterocycles. The lowest BCUT2D eigenvalue weighted by Crippen LogP contribution is -2.58. The molecule has 2 aromatic rings. The number of hydrogen-bond acceptors (Lipinski definition) is 8. The highest BCUT2D eigenvalue weighted by Crippen LogP contribution is 2.39. The van der Waals surface area contributed by atoms with E-state index in [1.54, 1.807) is 6.07 Å². The summed E-state index contributed by atoms with van der Waals surface area (Å²) in [6.07, 6.45) is 2.74. The molecule has 0 spiro atoms. The number of phenols is 1. The number of amides is 2. The molecule has 2 atom stereocenters. The second-order valence-corrected chi connectivity index (χ2v) is 9.33. The molecule has 3 aliphatic rings. The molecule has 4 heterocycles. The van der Waals surface area contributed by atoms with Crippen LogP contribution in [0, 0.1) is 0 Å². The SMILES string of the molecule is O=C1c2cc(O)ccc2CN1C(=O)C1(C(=O)O)Cc2cc(NC3CCCCO3)sc2CO1. The van der Waals surface area contributed by atoms with E-state index in [0.29, 0.717) is 17.7 Å². The number of hydrogen-bond donors (Lipinski definition) is 3. The van der Waals surface area contributed by atoms with Gasteiger partial charge in [0.1, 0.15) is 12.0 Å². The van der Waals surface area contributed by atoms with Gasteiger partial charge in [-0.1, -0.05) is 6.07 Å². The van der Waals surface area contributed by atoms with Gasteiger partial charge in [0.05, 0.1) is 18.2 Å².